The lowest BCUT2D eigenvalue weighted by molar-refractivity contribution is 0.881. The second-order valence-electron chi connectivity index (χ2n) is 17.3. The molecule has 0 fully saturated rings. The molecule has 10 aromatic carbocycles. The maximum Gasteiger partial charge on any atom is 0.0546 e. The van der Waals surface area contributed by atoms with Crippen molar-refractivity contribution in [1.82, 2.24) is 0 Å². The first kappa shape index (κ1) is 40.4. The summed E-state index contributed by atoms with van der Waals surface area (Å²) in [6.45, 7) is 0. The zero-order chi connectivity index (χ0) is 44.5. The molecule has 0 saturated carbocycles. The third kappa shape index (κ3) is 7.94. The number of fused-ring (bicyclic) bond motifs is 4. The summed E-state index contributed by atoms with van der Waals surface area (Å²) in [6.07, 6.45) is 9.09. The Kier molecular flexibility index (Phi) is 10.7. The van der Waals surface area contributed by atoms with Crippen LogP contribution in [0.15, 0.2) is 272 Å². The minimum absolute atomic E-state index is 0.408. The Balaban J connectivity index is 0.881. The van der Waals surface area contributed by atoms with E-state index in [1.807, 2.05) is 11.8 Å². The van der Waals surface area contributed by atoms with E-state index >= 15 is 0 Å². The lowest BCUT2D eigenvalue weighted by Crippen LogP contribution is -2.12. The fraction of sp³-hybridized carbons (Fsp3) is 0.0312. The van der Waals surface area contributed by atoms with E-state index in [1.165, 1.54) is 65.7 Å². The molecule has 67 heavy (non-hydrogen) atoms. The average molecular weight is 875 g/mol. The number of nitrogens with zero attached hydrogens (tertiary/aromatic N) is 2. The lowest BCUT2D eigenvalue weighted by Gasteiger charge is -2.29. The van der Waals surface area contributed by atoms with Crippen molar-refractivity contribution in [3.05, 3.63) is 273 Å². The second kappa shape index (κ2) is 17.7. The normalized spacial score (nSPS) is 14.7. The van der Waals surface area contributed by atoms with Crippen molar-refractivity contribution in [3.8, 4) is 44.5 Å². The average Bonchev–Trinajstić information content (AvgIpc) is 3.78. The summed E-state index contributed by atoms with van der Waals surface area (Å²) >= 11 is 1.98. The summed E-state index contributed by atoms with van der Waals surface area (Å²) in [5.74, 6) is 0.408. The van der Waals surface area contributed by atoms with Crippen molar-refractivity contribution in [2.45, 2.75) is 16.1 Å². The van der Waals surface area contributed by atoms with Crippen LogP contribution in [0.5, 0.6) is 0 Å². The van der Waals surface area contributed by atoms with Crippen LogP contribution in [0.2, 0.25) is 0 Å². The first-order valence-electron chi connectivity index (χ1n) is 23.1. The summed E-state index contributed by atoms with van der Waals surface area (Å²) in [4.78, 5) is 6.12. The van der Waals surface area contributed by atoms with Crippen LogP contribution in [0, 0.1) is 0 Å². The standard InChI is InChI=1S/C64H46N2S/c1-4-16-48(17-5-1)61-42-52-18-10-11-19-53(52)43-62(61)66(58-38-39-60-59-28-12-13-29-63(59)67-64(60)44-58)57-27-15-22-51(41-57)46-32-30-45(31-33-46)49-20-14-21-50(40-49)47-34-36-56(37-35-47)65(54-23-6-2-7-24-54)55-25-8-3-9-26-55/h1-44,59,63H. The van der Waals surface area contributed by atoms with Gasteiger partial charge in [-0.15, -0.1) is 11.8 Å². The van der Waals surface area contributed by atoms with Crippen molar-refractivity contribution in [1.29, 1.82) is 0 Å². The van der Waals surface area contributed by atoms with E-state index < -0.39 is 0 Å². The zero-order valence-corrected chi connectivity index (χ0v) is 37.7. The van der Waals surface area contributed by atoms with Gasteiger partial charge in [0.1, 0.15) is 0 Å². The minimum atomic E-state index is 0.408. The third-order valence-corrected chi connectivity index (χ3v) is 14.5. The van der Waals surface area contributed by atoms with Gasteiger partial charge in [-0.1, -0.05) is 188 Å². The Morgan fingerprint density at radius 2 is 0.791 bits per heavy atom. The van der Waals surface area contributed by atoms with E-state index in [0.717, 1.165) is 34.1 Å². The van der Waals surface area contributed by atoms with Crippen LogP contribution in [-0.4, -0.2) is 5.25 Å². The SMILES string of the molecule is C1=CC2Sc3cc(N(c4cccc(-c5ccc(-c6cccc(-c7ccc(N(c8ccccc8)c8ccccc8)cc7)c6)cc5)c4)c4cc5ccccc5cc4-c4ccccc4)ccc3C2C=C1. The highest BCUT2D eigenvalue weighted by molar-refractivity contribution is 8.00. The molecule has 0 bridgehead atoms. The molecule has 1 aliphatic heterocycles. The Hall–Kier alpha value is -8.11. The van der Waals surface area contributed by atoms with E-state index in [4.69, 9.17) is 0 Å². The highest BCUT2D eigenvalue weighted by atomic mass is 32.2. The molecular formula is C64H46N2S. The van der Waals surface area contributed by atoms with Gasteiger partial charge >= 0.3 is 0 Å². The summed E-state index contributed by atoms with van der Waals surface area (Å²) in [7, 11) is 0. The molecule has 0 spiro atoms. The van der Waals surface area contributed by atoms with E-state index in [1.54, 1.807) is 0 Å². The Bertz CT molecular complexity index is 3390. The van der Waals surface area contributed by atoms with Gasteiger partial charge in [0.25, 0.3) is 0 Å². The molecule has 2 nitrogen and oxygen atoms in total. The van der Waals surface area contributed by atoms with Gasteiger partial charge in [0.2, 0.25) is 0 Å². The highest BCUT2D eigenvalue weighted by Gasteiger charge is 2.32. The molecule has 2 atom stereocenters. The number of hydrogen-bond acceptors (Lipinski definition) is 3. The van der Waals surface area contributed by atoms with Crippen molar-refractivity contribution in [2.75, 3.05) is 9.80 Å². The molecule has 1 aliphatic carbocycles. The van der Waals surface area contributed by atoms with Gasteiger partial charge in [-0.2, -0.15) is 0 Å². The first-order chi connectivity index (χ1) is 33.2. The van der Waals surface area contributed by atoms with Gasteiger partial charge in [0.15, 0.2) is 0 Å². The second-order valence-corrected chi connectivity index (χ2v) is 18.5. The van der Waals surface area contributed by atoms with Crippen LogP contribution >= 0.6 is 11.8 Å². The fourth-order valence-corrected chi connectivity index (χ4v) is 11.2. The number of para-hydroxylation sites is 2. The zero-order valence-electron chi connectivity index (χ0n) is 36.9. The van der Waals surface area contributed by atoms with Gasteiger partial charge in [-0.3, -0.25) is 0 Å². The lowest BCUT2D eigenvalue weighted by atomic mass is 9.92. The molecule has 3 heteroatoms. The third-order valence-electron chi connectivity index (χ3n) is 13.2. The number of hydrogen-bond donors (Lipinski definition) is 0. The molecule has 0 saturated heterocycles. The quantitative estimate of drug-likeness (QED) is 0.135. The van der Waals surface area contributed by atoms with Crippen LogP contribution in [0.3, 0.4) is 0 Å². The topological polar surface area (TPSA) is 6.48 Å². The molecule has 318 valence electrons. The van der Waals surface area contributed by atoms with Crippen molar-refractivity contribution < 1.29 is 0 Å². The van der Waals surface area contributed by atoms with Crippen molar-refractivity contribution in [3.63, 3.8) is 0 Å². The van der Waals surface area contributed by atoms with Crippen LogP contribution in [0.1, 0.15) is 11.5 Å². The number of thioether (sulfide) groups is 1. The Morgan fingerprint density at radius 3 is 1.45 bits per heavy atom. The van der Waals surface area contributed by atoms with Gasteiger partial charge in [-0.05, 0) is 134 Å². The van der Waals surface area contributed by atoms with E-state index in [2.05, 4.69) is 277 Å². The Morgan fingerprint density at radius 1 is 0.313 bits per heavy atom. The number of allylic oxidation sites excluding steroid dienone is 3. The largest absolute Gasteiger partial charge is 0.311 e. The molecule has 0 aromatic heterocycles. The van der Waals surface area contributed by atoms with Gasteiger partial charge in [-0.25, -0.2) is 0 Å². The monoisotopic (exact) mass is 874 g/mol. The maximum absolute atomic E-state index is 2.47. The first-order valence-corrected chi connectivity index (χ1v) is 23.9. The molecule has 0 N–H and O–H groups in total. The maximum atomic E-state index is 2.47. The molecule has 0 radical (unpaired) electrons. The summed E-state index contributed by atoms with van der Waals surface area (Å²) in [5.41, 5.74) is 17.7. The summed E-state index contributed by atoms with van der Waals surface area (Å²) in [5, 5.41) is 2.87. The number of benzene rings is 10. The molecule has 12 rings (SSSR count). The van der Waals surface area contributed by atoms with Crippen LogP contribution < -0.4 is 9.80 Å². The predicted octanol–water partition coefficient (Wildman–Crippen LogP) is 18.1. The molecule has 0 amide bonds. The minimum Gasteiger partial charge on any atom is -0.311 e. The molecule has 1 heterocycles. The fourth-order valence-electron chi connectivity index (χ4n) is 9.82. The predicted molar refractivity (Wildman–Crippen MR) is 286 cm³/mol. The molecule has 2 unspecified atom stereocenters. The summed E-state index contributed by atoms with van der Waals surface area (Å²) < 4.78 is 0. The number of rotatable bonds is 10. The van der Waals surface area contributed by atoms with E-state index in [-0.39, 0.29) is 0 Å². The molecule has 10 aromatic rings. The highest BCUT2D eigenvalue weighted by Crippen LogP contribution is 2.51. The van der Waals surface area contributed by atoms with Crippen LogP contribution in [0.25, 0.3) is 55.3 Å². The van der Waals surface area contributed by atoms with Gasteiger partial charge < -0.3 is 9.80 Å². The van der Waals surface area contributed by atoms with E-state index in [9.17, 15) is 0 Å². The van der Waals surface area contributed by atoms with E-state index in [0.29, 0.717) is 11.2 Å². The molecule has 2 aliphatic rings. The van der Waals surface area contributed by atoms with Crippen LogP contribution in [-0.2, 0) is 0 Å². The molecular weight excluding hydrogens is 829 g/mol. The van der Waals surface area contributed by atoms with Gasteiger partial charge in [0.05, 0.1) is 5.69 Å². The number of anilines is 6. The van der Waals surface area contributed by atoms with Crippen LogP contribution in [0.4, 0.5) is 34.1 Å². The van der Waals surface area contributed by atoms with Crippen molar-refractivity contribution in [2.24, 2.45) is 0 Å². The smallest absolute Gasteiger partial charge is 0.0546 e. The Labute approximate surface area is 397 Å². The van der Waals surface area contributed by atoms with Crippen molar-refractivity contribution >= 4 is 56.7 Å². The van der Waals surface area contributed by atoms with Gasteiger partial charge in [0, 0.05) is 50.1 Å². The summed E-state index contributed by atoms with van der Waals surface area (Å²) in [6, 6.07) is 88.4.